The number of methoxy groups -OCH3 is 1. The van der Waals surface area contributed by atoms with Crippen molar-refractivity contribution in [2.24, 2.45) is 7.05 Å². The van der Waals surface area contributed by atoms with Gasteiger partial charge in [-0.3, -0.25) is 4.68 Å². The van der Waals surface area contributed by atoms with Gasteiger partial charge in [0.05, 0.1) is 18.3 Å². The van der Waals surface area contributed by atoms with Crippen LogP contribution in [0.5, 0.6) is 5.88 Å². The Morgan fingerprint density at radius 2 is 2.11 bits per heavy atom. The van der Waals surface area contributed by atoms with E-state index in [1.807, 2.05) is 26.1 Å². The van der Waals surface area contributed by atoms with E-state index in [9.17, 15) is 0 Å². The molecule has 0 aliphatic heterocycles. The maximum Gasteiger partial charge on any atom is 0.215 e. The molecule has 0 saturated heterocycles. The zero-order valence-electron chi connectivity index (χ0n) is 10.4. The predicted octanol–water partition coefficient (Wildman–Crippen LogP) is 1.68. The summed E-state index contributed by atoms with van der Waals surface area (Å²) >= 11 is 0. The van der Waals surface area contributed by atoms with E-state index in [4.69, 9.17) is 4.74 Å². The molecule has 0 unspecified atom stereocenters. The summed E-state index contributed by atoms with van der Waals surface area (Å²) < 4.78 is 6.88. The van der Waals surface area contributed by atoms with Gasteiger partial charge in [0.15, 0.2) is 11.5 Å². The third kappa shape index (κ3) is 1.62. The Labute approximate surface area is 104 Å². The average Bonchev–Trinajstić information content (AvgIpc) is 2.90. The van der Waals surface area contributed by atoms with Gasteiger partial charge in [-0.25, -0.2) is 4.98 Å². The number of aromatic amines is 1. The molecule has 0 aliphatic rings. The van der Waals surface area contributed by atoms with Crippen molar-refractivity contribution >= 4 is 11.2 Å². The van der Waals surface area contributed by atoms with Gasteiger partial charge in [-0.05, 0) is 19.1 Å². The minimum Gasteiger partial charge on any atom is -0.481 e. The van der Waals surface area contributed by atoms with Crippen molar-refractivity contribution in [3.05, 3.63) is 23.9 Å². The molecule has 6 nitrogen and oxygen atoms in total. The van der Waals surface area contributed by atoms with Crippen LogP contribution in [0.15, 0.2) is 18.2 Å². The first-order valence-corrected chi connectivity index (χ1v) is 5.59. The monoisotopic (exact) mass is 243 g/mol. The molecule has 0 bridgehead atoms. The van der Waals surface area contributed by atoms with E-state index in [2.05, 4.69) is 20.1 Å². The number of aromatic nitrogens is 5. The van der Waals surface area contributed by atoms with Crippen molar-refractivity contribution in [1.29, 1.82) is 0 Å². The topological polar surface area (TPSA) is 68.6 Å². The highest BCUT2D eigenvalue weighted by molar-refractivity contribution is 5.75. The molecule has 3 aromatic heterocycles. The van der Waals surface area contributed by atoms with Crippen LogP contribution in [0.25, 0.3) is 22.7 Å². The van der Waals surface area contributed by atoms with Gasteiger partial charge in [0, 0.05) is 13.1 Å². The summed E-state index contributed by atoms with van der Waals surface area (Å²) in [6.07, 6.45) is 0. The Kier molecular flexibility index (Phi) is 2.29. The third-order valence-electron chi connectivity index (χ3n) is 2.77. The zero-order chi connectivity index (χ0) is 12.7. The van der Waals surface area contributed by atoms with Gasteiger partial charge in [0.2, 0.25) is 5.88 Å². The van der Waals surface area contributed by atoms with Crippen LogP contribution in [0.2, 0.25) is 0 Å². The molecule has 0 aromatic carbocycles. The molecule has 6 heteroatoms. The molecule has 92 valence electrons. The fraction of sp³-hybridized carbons (Fsp3) is 0.250. The molecule has 3 aromatic rings. The minimum absolute atomic E-state index is 0.557. The van der Waals surface area contributed by atoms with E-state index in [0.29, 0.717) is 11.5 Å². The minimum atomic E-state index is 0.557. The molecule has 0 spiro atoms. The number of pyridine rings is 1. The summed E-state index contributed by atoms with van der Waals surface area (Å²) in [5, 5.41) is 4.30. The normalized spacial score (nSPS) is 11.1. The summed E-state index contributed by atoms with van der Waals surface area (Å²) in [5.74, 6) is 1.32. The lowest BCUT2D eigenvalue weighted by atomic mass is 10.3. The van der Waals surface area contributed by atoms with Gasteiger partial charge in [-0.2, -0.15) is 10.1 Å². The first-order chi connectivity index (χ1) is 8.67. The first-order valence-electron chi connectivity index (χ1n) is 5.59. The number of rotatable bonds is 2. The van der Waals surface area contributed by atoms with Crippen LogP contribution in [-0.2, 0) is 7.05 Å². The van der Waals surface area contributed by atoms with Crippen LogP contribution >= 0.6 is 0 Å². The number of H-pyrrole nitrogens is 1. The number of aryl methyl sites for hydroxylation is 2. The van der Waals surface area contributed by atoms with Gasteiger partial charge >= 0.3 is 0 Å². The molecular formula is C12H13N5O. The molecule has 1 N–H and O–H groups in total. The summed E-state index contributed by atoms with van der Waals surface area (Å²) in [7, 11) is 3.48. The standard InChI is InChI=1S/C12H13N5O/c1-7-6-9(17(2)16-7)12-13-8-4-5-10(18-3)14-11(8)15-12/h4-6H,1-3H3,(H,13,14,15). The Morgan fingerprint density at radius 3 is 2.78 bits per heavy atom. The van der Waals surface area contributed by atoms with Crippen LogP contribution in [0.4, 0.5) is 0 Å². The van der Waals surface area contributed by atoms with Gasteiger partial charge in [0.1, 0.15) is 5.69 Å². The molecule has 0 atom stereocenters. The maximum absolute atomic E-state index is 5.08. The molecule has 18 heavy (non-hydrogen) atoms. The van der Waals surface area contributed by atoms with Crippen LogP contribution in [-0.4, -0.2) is 31.8 Å². The Balaban J connectivity index is 2.16. The maximum atomic E-state index is 5.08. The van der Waals surface area contributed by atoms with E-state index in [1.165, 1.54) is 0 Å². The highest BCUT2D eigenvalue weighted by Gasteiger charge is 2.11. The predicted molar refractivity (Wildman–Crippen MR) is 67.4 cm³/mol. The molecule has 3 rings (SSSR count). The van der Waals surface area contributed by atoms with E-state index in [1.54, 1.807) is 17.9 Å². The van der Waals surface area contributed by atoms with Crippen LogP contribution in [0.3, 0.4) is 0 Å². The SMILES string of the molecule is COc1ccc2[nH]c(-c3cc(C)nn3C)nc2n1. The lowest BCUT2D eigenvalue weighted by Crippen LogP contribution is -1.94. The van der Waals surface area contributed by atoms with Crippen molar-refractivity contribution in [3.8, 4) is 17.4 Å². The van der Waals surface area contributed by atoms with Gasteiger partial charge < -0.3 is 9.72 Å². The van der Waals surface area contributed by atoms with Crippen molar-refractivity contribution in [1.82, 2.24) is 24.7 Å². The molecule has 0 fully saturated rings. The summed E-state index contributed by atoms with van der Waals surface area (Å²) in [6, 6.07) is 5.69. The lowest BCUT2D eigenvalue weighted by molar-refractivity contribution is 0.399. The molecule has 0 amide bonds. The molecule has 0 aliphatic carbocycles. The largest absolute Gasteiger partial charge is 0.481 e. The second-order valence-electron chi connectivity index (χ2n) is 4.10. The number of imidazole rings is 1. The first kappa shape index (κ1) is 10.8. The zero-order valence-corrected chi connectivity index (χ0v) is 10.4. The van der Waals surface area contributed by atoms with E-state index < -0.39 is 0 Å². The molecule has 3 heterocycles. The second-order valence-corrected chi connectivity index (χ2v) is 4.10. The van der Waals surface area contributed by atoms with Crippen molar-refractivity contribution in [3.63, 3.8) is 0 Å². The Morgan fingerprint density at radius 1 is 1.28 bits per heavy atom. The average molecular weight is 243 g/mol. The number of nitrogens with one attached hydrogen (secondary N) is 1. The summed E-state index contributed by atoms with van der Waals surface area (Å²) in [6.45, 7) is 1.95. The number of hydrogen-bond donors (Lipinski definition) is 1. The fourth-order valence-corrected chi connectivity index (χ4v) is 1.94. The summed E-state index contributed by atoms with van der Waals surface area (Å²) in [4.78, 5) is 12.0. The van der Waals surface area contributed by atoms with Crippen molar-refractivity contribution in [2.75, 3.05) is 7.11 Å². The summed E-state index contributed by atoms with van der Waals surface area (Å²) in [5.41, 5.74) is 3.41. The van der Waals surface area contributed by atoms with E-state index in [-0.39, 0.29) is 0 Å². The molecule has 0 saturated carbocycles. The Hall–Kier alpha value is -2.37. The number of nitrogens with zero attached hydrogens (tertiary/aromatic N) is 4. The number of hydrogen-bond acceptors (Lipinski definition) is 4. The number of fused-ring (bicyclic) bond motifs is 1. The highest BCUT2D eigenvalue weighted by atomic mass is 16.5. The van der Waals surface area contributed by atoms with Gasteiger partial charge in [-0.15, -0.1) is 0 Å². The quantitative estimate of drug-likeness (QED) is 0.743. The molecule has 0 radical (unpaired) electrons. The number of ether oxygens (including phenoxy) is 1. The van der Waals surface area contributed by atoms with Crippen LogP contribution < -0.4 is 4.74 Å². The fourth-order valence-electron chi connectivity index (χ4n) is 1.94. The van der Waals surface area contributed by atoms with Gasteiger partial charge in [-0.1, -0.05) is 0 Å². The van der Waals surface area contributed by atoms with E-state index in [0.717, 1.165) is 22.7 Å². The van der Waals surface area contributed by atoms with Crippen molar-refractivity contribution < 1.29 is 4.74 Å². The highest BCUT2D eigenvalue weighted by Crippen LogP contribution is 2.21. The molecular weight excluding hydrogens is 230 g/mol. The smallest absolute Gasteiger partial charge is 0.215 e. The third-order valence-corrected chi connectivity index (χ3v) is 2.77. The van der Waals surface area contributed by atoms with E-state index >= 15 is 0 Å². The van der Waals surface area contributed by atoms with Gasteiger partial charge in [0.25, 0.3) is 0 Å². The van der Waals surface area contributed by atoms with Crippen LogP contribution in [0, 0.1) is 6.92 Å². The lowest BCUT2D eigenvalue weighted by Gasteiger charge is -1.95. The van der Waals surface area contributed by atoms with Crippen molar-refractivity contribution in [2.45, 2.75) is 6.92 Å². The second kappa shape index (κ2) is 3.83. The Bertz CT molecular complexity index is 712. The van der Waals surface area contributed by atoms with Crippen LogP contribution in [0.1, 0.15) is 5.69 Å².